The van der Waals surface area contributed by atoms with E-state index < -0.39 is 0 Å². The van der Waals surface area contributed by atoms with Crippen LogP contribution in [0.1, 0.15) is 9.67 Å². The maximum absolute atomic E-state index is 11.7. The zero-order valence-corrected chi connectivity index (χ0v) is 12.5. The third kappa shape index (κ3) is 4.25. The molecule has 1 aromatic carbocycles. The Morgan fingerprint density at radius 2 is 2.21 bits per heavy atom. The standard InChI is InChI=1S/C13H13BrN2O2S/c14-12-5-4-11(19-12)13(17)16-6-7-18-10-3-1-2-9(15)8-10/h1-5,8H,6-7,15H2,(H,16,17). The van der Waals surface area contributed by atoms with Crippen molar-refractivity contribution in [2.24, 2.45) is 0 Å². The van der Waals surface area contributed by atoms with E-state index in [0.29, 0.717) is 29.5 Å². The van der Waals surface area contributed by atoms with Crippen molar-refractivity contribution in [2.75, 3.05) is 18.9 Å². The van der Waals surface area contributed by atoms with Gasteiger partial charge >= 0.3 is 0 Å². The number of hydrogen-bond acceptors (Lipinski definition) is 4. The van der Waals surface area contributed by atoms with Gasteiger partial charge in [0.1, 0.15) is 12.4 Å². The van der Waals surface area contributed by atoms with E-state index in [1.54, 1.807) is 18.2 Å². The summed E-state index contributed by atoms with van der Waals surface area (Å²) in [7, 11) is 0. The summed E-state index contributed by atoms with van der Waals surface area (Å²) in [5.41, 5.74) is 6.29. The van der Waals surface area contributed by atoms with E-state index in [-0.39, 0.29) is 5.91 Å². The number of carbonyl (C=O) groups is 1. The molecule has 2 rings (SSSR count). The van der Waals surface area contributed by atoms with Crippen LogP contribution in [0.5, 0.6) is 5.75 Å². The highest BCUT2D eigenvalue weighted by Crippen LogP contribution is 2.21. The Morgan fingerprint density at radius 1 is 1.37 bits per heavy atom. The molecule has 3 N–H and O–H groups in total. The molecule has 1 heterocycles. The van der Waals surface area contributed by atoms with E-state index in [4.69, 9.17) is 10.5 Å². The van der Waals surface area contributed by atoms with Gasteiger partial charge in [0.15, 0.2) is 0 Å². The lowest BCUT2D eigenvalue weighted by Gasteiger charge is -2.07. The average molecular weight is 341 g/mol. The fourth-order valence-electron chi connectivity index (χ4n) is 1.46. The molecule has 6 heteroatoms. The minimum atomic E-state index is -0.0909. The fraction of sp³-hybridized carbons (Fsp3) is 0.154. The summed E-state index contributed by atoms with van der Waals surface area (Å²) in [6.07, 6.45) is 0. The van der Waals surface area contributed by atoms with Crippen LogP contribution in [0, 0.1) is 0 Å². The number of benzene rings is 1. The molecule has 0 bridgehead atoms. The predicted molar refractivity (Wildman–Crippen MR) is 80.7 cm³/mol. The van der Waals surface area contributed by atoms with Crippen molar-refractivity contribution >= 4 is 38.9 Å². The number of anilines is 1. The van der Waals surface area contributed by atoms with Crippen molar-refractivity contribution < 1.29 is 9.53 Å². The quantitative estimate of drug-likeness (QED) is 0.649. The molecule has 0 aliphatic heterocycles. The van der Waals surface area contributed by atoms with Gasteiger partial charge in [-0.3, -0.25) is 4.79 Å². The molecule has 0 saturated heterocycles. The summed E-state index contributed by atoms with van der Waals surface area (Å²) in [6, 6.07) is 10.8. The van der Waals surface area contributed by atoms with Crippen LogP contribution in [-0.4, -0.2) is 19.1 Å². The van der Waals surface area contributed by atoms with Gasteiger partial charge in [0.2, 0.25) is 0 Å². The molecule has 2 aromatic rings. The lowest BCUT2D eigenvalue weighted by Crippen LogP contribution is -2.27. The smallest absolute Gasteiger partial charge is 0.261 e. The van der Waals surface area contributed by atoms with Crippen molar-refractivity contribution in [3.05, 3.63) is 45.1 Å². The number of nitrogen functional groups attached to an aromatic ring is 1. The third-order valence-corrected chi connectivity index (χ3v) is 3.93. The van der Waals surface area contributed by atoms with E-state index >= 15 is 0 Å². The Labute approximate surface area is 123 Å². The van der Waals surface area contributed by atoms with Gasteiger partial charge in [0, 0.05) is 11.8 Å². The fourth-order valence-corrected chi connectivity index (χ4v) is 2.76. The van der Waals surface area contributed by atoms with Gasteiger partial charge in [-0.1, -0.05) is 6.07 Å². The van der Waals surface area contributed by atoms with Crippen LogP contribution < -0.4 is 15.8 Å². The van der Waals surface area contributed by atoms with Gasteiger partial charge in [-0.25, -0.2) is 0 Å². The first kappa shape index (κ1) is 13.9. The summed E-state index contributed by atoms with van der Waals surface area (Å²) < 4.78 is 6.42. The van der Waals surface area contributed by atoms with Crippen molar-refractivity contribution in [2.45, 2.75) is 0 Å². The number of amides is 1. The number of rotatable bonds is 5. The molecular formula is C13H13BrN2O2S. The number of nitrogens with two attached hydrogens (primary N) is 1. The molecular weight excluding hydrogens is 328 g/mol. The second kappa shape index (κ2) is 6.58. The molecule has 0 fully saturated rings. The highest BCUT2D eigenvalue weighted by Gasteiger charge is 2.07. The molecule has 1 amide bonds. The Hall–Kier alpha value is -1.53. The van der Waals surface area contributed by atoms with Crippen LogP contribution in [0.25, 0.3) is 0 Å². The number of nitrogens with one attached hydrogen (secondary N) is 1. The number of carbonyl (C=O) groups excluding carboxylic acids is 1. The molecule has 0 unspecified atom stereocenters. The van der Waals surface area contributed by atoms with Gasteiger partial charge in [-0.2, -0.15) is 0 Å². The van der Waals surface area contributed by atoms with Gasteiger partial charge in [-0.05, 0) is 40.2 Å². The first-order valence-corrected chi connectivity index (χ1v) is 7.28. The largest absolute Gasteiger partial charge is 0.492 e. The van der Waals surface area contributed by atoms with E-state index in [1.165, 1.54) is 11.3 Å². The Morgan fingerprint density at radius 3 is 2.89 bits per heavy atom. The summed E-state index contributed by atoms with van der Waals surface area (Å²) in [5, 5.41) is 2.79. The molecule has 100 valence electrons. The molecule has 1 aromatic heterocycles. The van der Waals surface area contributed by atoms with Crippen molar-refractivity contribution in [3.8, 4) is 5.75 Å². The average Bonchev–Trinajstić information content (AvgIpc) is 2.81. The maximum Gasteiger partial charge on any atom is 0.261 e. The molecule has 0 saturated carbocycles. The van der Waals surface area contributed by atoms with Crippen LogP contribution >= 0.6 is 27.3 Å². The van der Waals surface area contributed by atoms with Gasteiger partial charge in [0.25, 0.3) is 5.91 Å². The molecule has 0 atom stereocenters. The van der Waals surface area contributed by atoms with Gasteiger partial charge in [0.05, 0.1) is 15.2 Å². The predicted octanol–water partition coefficient (Wildman–Crippen LogP) is 2.90. The molecule has 19 heavy (non-hydrogen) atoms. The van der Waals surface area contributed by atoms with E-state index in [0.717, 1.165) is 3.79 Å². The van der Waals surface area contributed by atoms with E-state index in [2.05, 4.69) is 21.2 Å². The minimum absolute atomic E-state index is 0.0909. The van der Waals surface area contributed by atoms with Crippen LogP contribution in [0.15, 0.2) is 40.2 Å². The number of thiophene rings is 1. The summed E-state index contributed by atoms with van der Waals surface area (Å²) in [6.45, 7) is 0.852. The summed E-state index contributed by atoms with van der Waals surface area (Å²) in [4.78, 5) is 12.4. The van der Waals surface area contributed by atoms with Crippen LogP contribution in [0.3, 0.4) is 0 Å². The van der Waals surface area contributed by atoms with Gasteiger partial charge in [-0.15, -0.1) is 11.3 Å². The molecule has 0 aliphatic carbocycles. The highest BCUT2D eigenvalue weighted by atomic mass is 79.9. The van der Waals surface area contributed by atoms with Crippen molar-refractivity contribution in [3.63, 3.8) is 0 Å². The van der Waals surface area contributed by atoms with Gasteiger partial charge < -0.3 is 15.8 Å². The molecule has 0 radical (unpaired) electrons. The topological polar surface area (TPSA) is 64.3 Å². The number of hydrogen-bond donors (Lipinski definition) is 2. The lowest BCUT2D eigenvalue weighted by atomic mass is 10.3. The zero-order chi connectivity index (χ0) is 13.7. The Bertz CT molecular complexity index is 571. The lowest BCUT2D eigenvalue weighted by molar-refractivity contribution is 0.0951. The summed E-state index contributed by atoms with van der Waals surface area (Å²) in [5.74, 6) is 0.611. The highest BCUT2D eigenvalue weighted by molar-refractivity contribution is 9.11. The van der Waals surface area contributed by atoms with Crippen LogP contribution in [0.4, 0.5) is 5.69 Å². The minimum Gasteiger partial charge on any atom is -0.492 e. The number of halogens is 1. The maximum atomic E-state index is 11.7. The van der Waals surface area contributed by atoms with E-state index in [1.807, 2.05) is 18.2 Å². The molecule has 4 nitrogen and oxygen atoms in total. The first-order chi connectivity index (χ1) is 9.15. The normalized spacial score (nSPS) is 10.2. The third-order valence-electron chi connectivity index (χ3n) is 2.31. The van der Waals surface area contributed by atoms with Crippen LogP contribution in [-0.2, 0) is 0 Å². The zero-order valence-electron chi connectivity index (χ0n) is 10.1. The Kier molecular flexibility index (Phi) is 4.81. The first-order valence-electron chi connectivity index (χ1n) is 5.67. The molecule has 0 spiro atoms. The monoisotopic (exact) mass is 340 g/mol. The van der Waals surface area contributed by atoms with Crippen molar-refractivity contribution in [1.82, 2.24) is 5.32 Å². The molecule has 0 aliphatic rings. The Balaban J connectivity index is 1.74. The second-order valence-corrected chi connectivity index (χ2v) is 6.24. The summed E-state index contributed by atoms with van der Waals surface area (Å²) >= 11 is 4.72. The van der Waals surface area contributed by atoms with E-state index in [9.17, 15) is 4.79 Å². The second-order valence-electron chi connectivity index (χ2n) is 3.78. The van der Waals surface area contributed by atoms with Crippen molar-refractivity contribution in [1.29, 1.82) is 0 Å². The SMILES string of the molecule is Nc1cccc(OCCNC(=O)c2ccc(Br)s2)c1. The van der Waals surface area contributed by atoms with Crippen LogP contribution in [0.2, 0.25) is 0 Å². The number of ether oxygens (including phenoxy) is 1.